The minimum atomic E-state index is -0.245. The maximum absolute atomic E-state index is 13.5. The highest BCUT2D eigenvalue weighted by atomic mass is 32.1. The molecule has 2 amide bonds. The molecule has 0 spiro atoms. The van der Waals surface area contributed by atoms with Crippen LogP contribution in [-0.4, -0.2) is 71.5 Å². The lowest BCUT2D eigenvalue weighted by molar-refractivity contribution is 0.0779. The Bertz CT molecular complexity index is 1160. The molecule has 0 unspecified atom stereocenters. The fourth-order valence-corrected chi connectivity index (χ4v) is 4.75. The van der Waals surface area contributed by atoms with Crippen LogP contribution in [0.15, 0.2) is 47.4 Å². The summed E-state index contributed by atoms with van der Waals surface area (Å²) in [6.07, 6.45) is 2.43. The van der Waals surface area contributed by atoms with Crippen molar-refractivity contribution in [2.75, 3.05) is 45.1 Å². The molecule has 0 saturated carbocycles. The summed E-state index contributed by atoms with van der Waals surface area (Å²) in [5, 5.41) is 4.10. The van der Waals surface area contributed by atoms with Gasteiger partial charge in [0.25, 0.3) is 5.91 Å². The van der Waals surface area contributed by atoms with Crippen LogP contribution in [0.2, 0.25) is 0 Å². The van der Waals surface area contributed by atoms with Crippen molar-refractivity contribution in [1.29, 1.82) is 0 Å². The number of hydrogen-bond donors (Lipinski definition) is 2. The van der Waals surface area contributed by atoms with Gasteiger partial charge in [-0.3, -0.25) is 9.69 Å². The van der Waals surface area contributed by atoms with Crippen molar-refractivity contribution in [3.05, 3.63) is 58.6 Å². The predicted molar refractivity (Wildman–Crippen MR) is 151 cm³/mol. The van der Waals surface area contributed by atoms with Crippen molar-refractivity contribution < 1.29 is 19.1 Å². The summed E-state index contributed by atoms with van der Waals surface area (Å²) in [4.78, 5) is 29.6. The van der Waals surface area contributed by atoms with E-state index >= 15 is 0 Å². The molecule has 1 aliphatic heterocycles. The van der Waals surface area contributed by atoms with Gasteiger partial charge in [-0.15, -0.1) is 0 Å². The van der Waals surface area contributed by atoms with E-state index < -0.39 is 0 Å². The van der Waals surface area contributed by atoms with E-state index in [1.807, 2.05) is 63.6 Å². The lowest BCUT2D eigenvalue weighted by Crippen LogP contribution is -2.48. The minimum absolute atomic E-state index is 0.184. The van der Waals surface area contributed by atoms with Crippen LogP contribution >= 0.6 is 12.6 Å². The summed E-state index contributed by atoms with van der Waals surface area (Å²) in [6, 6.07) is 8.11. The Morgan fingerprint density at radius 3 is 2.41 bits per heavy atom. The second-order valence-corrected chi connectivity index (χ2v) is 9.70. The number of carbonyl (C=O) groups is 2. The van der Waals surface area contributed by atoms with Gasteiger partial charge in [-0.05, 0) is 57.1 Å². The van der Waals surface area contributed by atoms with Gasteiger partial charge >= 0.3 is 6.09 Å². The molecule has 0 radical (unpaired) electrons. The number of nitrogens with zero attached hydrogens (tertiary/aromatic N) is 3. The summed E-state index contributed by atoms with van der Waals surface area (Å²) < 4.78 is 13.0. The molecule has 0 bridgehead atoms. The number of ether oxygens (including phenoxy) is 2. The number of carbonyl (C=O) groups excluding carboxylic acids is 2. The number of fused-ring (bicyclic) bond motifs is 1. The largest absolute Gasteiger partial charge is 0.492 e. The molecule has 202 valence electrons. The zero-order valence-electron chi connectivity index (χ0n) is 22.7. The van der Waals surface area contributed by atoms with Gasteiger partial charge in [0.05, 0.1) is 24.4 Å². The second kappa shape index (κ2) is 13.6. The number of piperazine rings is 1. The third-order valence-electron chi connectivity index (χ3n) is 6.38. The number of allylic oxidation sites excluding steroid dienone is 2. The average Bonchev–Trinajstić information content (AvgIpc) is 3.23. The zero-order valence-corrected chi connectivity index (χ0v) is 23.6. The van der Waals surface area contributed by atoms with E-state index in [9.17, 15) is 9.59 Å². The molecule has 2 heterocycles. The van der Waals surface area contributed by atoms with Crippen LogP contribution in [0, 0.1) is 0 Å². The molecule has 0 aliphatic carbocycles. The van der Waals surface area contributed by atoms with Crippen LogP contribution in [0.1, 0.15) is 50.2 Å². The molecular weight excluding hydrogens is 488 g/mol. The number of thiol groups is 1. The first-order valence-corrected chi connectivity index (χ1v) is 13.6. The highest BCUT2D eigenvalue weighted by molar-refractivity contribution is 7.80. The molecule has 1 aromatic carbocycles. The van der Waals surface area contributed by atoms with Gasteiger partial charge in [0.2, 0.25) is 0 Å². The zero-order chi connectivity index (χ0) is 26.9. The number of para-hydroxylation sites is 1. The topological polar surface area (TPSA) is 76.0 Å². The standard InChI is InChI=1S/C28H40N4O4S/c1-6-35-26(20(3)4)23(12-9-17-37)29-27(33)24-18-21-10-8-11-22(25(21)30(24)5)19-31-13-15-32(16-14-31)28(34)36-7-2/h8,10-12,18,37H,6-7,9,13-17,19H2,1-5H3,(H,29,33)/b23-12+. The smallest absolute Gasteiger partial charge is 0.409 e. The van der Waals surface area contributed by atoms with Gasteiger partial charge in [-0.2, -0.15) is 12.6 Å². The van der Waals surface area contributed by atoms with Crippen LogP contribution in [0.25, 0.3) is 10.9 Å². The molecule has 1 aromatic heterocycles. The van der Waals surface area contributed by atoms with Gasteiger partial charge in [-0.25, -0.2) is 4.79 Å². The number of hydrogen-bond acceptors (Lipinski definition) is 6. The minimum Gasteiger partial charge on any atom is -0.492 e. The predicted octanol–water partition coefficient (Wildman–Crippen LogP) is 4.72. The first-order valence-electron chi connectivity index (χ1n) is 12.9. The van der Waals surface area contributed by atoms with Gasteiger partial charge in [0.15, 0.2) is 0 Å². The van der Waals surface area contributed by atoms with Gasteiger partial charge in [0, 0.05) is 45.2 Å². The van der Waals surface area contributed by atoms with E-state index in [1.165, 1.54) is 0 Å². The number of aryl methyl sites for hydroxylation is 1. The van der Waals surface area contributed by atoms with Gasteiger partial charge < -0.3 is 24.3 Å². The molecule has 1 fully saturated rings. The van der Waals surface area contributed by atoms with Crippen LogP contribution < -0.4 is 5.32 Å². The van der Waals surface area contributed by atoms with Crippen molar-refractivity contribution in [2.24, 2.45) is 7.05 Å². The fraction of sp³-hybridized carbons (Fsp3) is 0.500. The molecule has 1 N–H and O–H groups in total. The lowest BCUT2D eigenvalue weighted by Gasteiger charge is -2.34. The summed E-state index contributed by atoms with van der Waals surface area (Å²) in [5.41, 5.74) is 4.43. The van der Waals surface area contributed by atoms with E-state index in [2.05, 4.69) is 28.9 Å². The van der Waals surface area contributed by atoms with E-state index in [0.717, 1.165) is 41.7 Å². The highest BCUT2D eigenvalue weighted by Crippen LogP contribution is 2.25. The SMILES string of the molecule is CCOC(=O)N1CCN(Cc2cccc3cc(C(=O)N/C(=C/CCS)C(OCC)=C(C)C)n(C)c23)CC1. The summed E-state index contributed by atoms with van der Waals surface area (Å²) in [6.45, 7) is 12.2. The van der Waals surface area contributed by atoms with E-state index in [-0.39, 0.29) is 12.0 Å². The molecule has 1 saturated heterocycles. The van der Waals surface area contributed by atoms with Crippen molar-refractivity contribution in [3.63, 3.8) is 0 Å². The molecule has 37 heavy (non-hydrogen) atoms. The monoisotopic (exact) mass is 528 g/mol. The molecule has 3 rings (SSSR count). The third-order valence-corrected chi connectivity index (χ3v) is 6.64. The van der Waals surface area contributed by atoms with Crippen molar-refractivity contribution in [1.82, 2.24) is 19.7 Å². The number of aromatic nitrogens is 1. The van der Waals surface area contributed by atoms with E-state index in [4.69, 9.17) is 9.47 Å². The molecule has 8 nitrogen and oxygen atoms in total. The average molecular weight is 529 g/mol. The Kier molecular flexibility index (Phi) is 10.5. The summed E-state index contributed by atoms with van der Waals surface area (Å²) in [7, 11) is 1.93. The molecule has 9 heteroatoms. The Balaban J connectivity index is 1.81. The van der Waals surface area contributed by atoms with Crippen LogP contribution in [0.4, 0.5) is 4.79 Å². The Hall–Kier alpha value is -2.91. The van der Waals surface area contributed by atoms with E-state index in [0.29, 0.717) is 55.6 Å². The third kappa shape index (κ3) is 7.11. The fourth-order valence-electron chi connectivity index (χ4n) is 4.62. The number of amides is 2. The molecular formula is C28H40N4O4S. The normalized spacial score (nSPS) is 14.5. The lowest BCUT2D eigenvalue weighted by atomic mass is 10.1. The Labute approximate surface area is 225 Å². The van der Waals surface area contributed by atoms with Gasteiger partial charge in [-0.1, -0.05) is 24.3 Å². The second-order valence-electron chi connectivity index (χ2n) is 9.25. The van der Waals surface area contributed by atoms with Crippen molar-refractivity contribution >= 4 is 35.5 Å². The maximum Gasteiger partial charge on any atom is 0.409 e. The molecule has 1 aliphatic rings. The van der Waals surface area contributed by atoms with Crippen molar-refractivity contribution in [2.45, 2.75) is 40.7 Å². The number of nitrogens with one attached hydrogen (secondary N) is 1. The van der Waals surface area contributed by atoms with Crippen LogP contribution in [0.3, 0.4) is 0 Å². The van der Waals surface area contributed by atoms with Gasteiger partial charge in [0.1, 0.15) is 11.5 Å². The Morgan fingerprint density at radius 2 is 1.78 bits per heavy atom. The first kappa shape index (κ1) is 28.7. The quantitative estimate of drug-likeness (QED) is 0.265. The number of rotatable bonds is 10. The summed E-state index contributed by atoms with van der Waals surface area (Å²) >= 11 is 4.32. The maximum atomic E-state index is 13.5. The number of benzene rings is 1. The van der Waals surface area contributed by atoms with E-state index in [1.54, 1.807) is 4.90 Å². The van der Waals surface area contributed by atoms with Crippen molar-refractivity contribution in [3.8, 4) is 0 Å². The molecule has 2 aromatic rings. The van der Waals surface area contributed by atoms with Crippen LogP contribution in [0.5, 0.6) is 0 Å². The summed E-state index contributed by atoms with van der Waals surface area (Å²) in [5.74, 6) is 1.18. The van der Waals surface area contributed by atoms with Crippen LogP contribution in [-0.2, 0) is 23.1 Å². The molecule has 0 atom stereocenters. The first-order chi connectivity index (χ1) is 17.8. The Morgan fingerprint density at radius 1 is 1.08 bits per heavy atom. The highest BCUT2D eigenvalue weighted by Gasteiger charge is 2.24.